The summed E-state index contributed by atoms with van der Waals surface area (Å²) in [5, 5.41) is 5.52. The number of rotatable bonds is 3. The molecule has 0 heterocycles. The Morgan fingerprint density at radius 3 is 2.79 bits per heavy atom. The Kier molecular flexibility index (Phi) is 5.86. The third-order valence-corrected chi connectivity index (χ3v) is 2.31. The van der Waals surface area contributed by atoms with Gasteiger partial charge < -0.3 is 16.4 Å². The number of benzene rings is 1. The van der Waals surface area contributed by atoms with E-state index in [1.807, 2.05) is 0 Å². The number of nitrogens with two attached hydrogens (primary N) is 1. The van der Waals surface area contributed by atoms with Crippen LogP contribution in [-0.4, -0.2) is 24.9 Å². The molecule has 1 aromatic rings. The van der Waals surface area contributed by atoms with Gasteiger partial charge in [0.25, 0.3) is 0 Å². The molecule has 0 fully saturated rings. The maximum Gasteiger partial charge on any atom is 0.243 e. The van der Waals surface area contributed by atoms with E-state index in [2.05, 4.69) is 22.5 Å². The first-order chi connectivity index (χ1) is 9.02. The Morgan fingerprint density at radius 2 is 2.16 bits per heavy atom. The molecule has 1 rings (SSSR count). The van der Waals surface area contributed by atoms with Gasteiger partial charge >= 0.3 is 0 Å². The predicted molar refractivity (Wildman–Crippen MR) is 74.7 cm³/mol. The van der Waals surface area contributed by atoms with Gasteiger partial charge in [0.2, 0.25) is 11.8 Å². The first kappa shape index (κ1) is 15.0. The fraction of sp³-hybridized carbons (Fsp3) is 0.231. The quantitative estimate of drug-likeness (QED) is 0.713. The maximum atomic E-state index is 11.6. The van der Waals surface area contributed by atoms with Crippen LogP contribution in [0.4, 0.5) is 5.69 Å². The van der Waals surface area contributed by atoms with E-state index in [9.17, 15) is 9.59 Å². The Bertz CT molecular complexity index is 547. The average molecular weight is 280 g/mol. The van der Waals surface area contributed by atoms with E-state index in [1.54, 1.807) is 18.2 Å². The highest BCUT2D eigenvalue weighted by atomic mass is 35.5. The topological polar surface area (TPSA) is 84.2 Å². The van der Waals surface area contributed by atoms with E-state index < -0.39 is 0 Å². The number of anilines is 1. The summed E-state index contributed by atoms with van der Waals surface area (Å²) in [6.45, 7) is 1.46. The summed E-state index contributed by atoms with van der Waals surface area (Å²) in [7, 11) is 0. The van der Waals surface area contributed by atoms with Crippen molar-refractivity contribution in [3.63, 3.8) is 0 Å². The van der Waals surface area contributed by atoms with Crippen LogP contribution in [-0.2, 0) is 9.59 Å². The second-order valence-electron chi connectivity index (χ2n) is 3.65. The van der Waals surface area contributed by atoms with Crippen LogP contribution in [0.3, 0.4) is 0 Å². The molecule has 6 heteroatoms. The lowest BCUT2D eigenvalue weighted by molar-refractivity contribution is -0.122. The van der Waals surface area contributed by atoms with Crippen LogP contribution in [0.1, 0.15) is 12.5 Å². The fourth-order valence-corrected chi connectivity index (χ4v) is 1.45. The summed E-state index contributed by atoms with van der Waals surface area (Å²) >= 11 is 5.87. The van der Waals surface area contributed by atoms with Gasteiger partial charge in [-0.25, -0.2) is 0 Å². The Morgan fingerprint density at radius 1 is 1.42 bits per heavy atom. The number of nitrogens with one attached hydrogen (secondary N) is 2. The van der Waals surface area contributed by atoms with Gasteiger partial charge in [-0.15, -0.1) is 0 Å². The van der Waals surface area contributed by atoms with Gasteiger partial charge in [-0.3, -0.25) is 9.59 Å². The molecule has 19 heavy (non-hydrogen) atoms. The molecule has 0 spiro atoms. The zero-order chi connectivity index (χ0) is 14.3. The van der Waals surface area contributed by atoms with E-state index in [4.69, 9.17) is 17.3 Å². The molecule has 0 saturated carbocycles. The minimum Gasteiger partial charge on any atom is -0.347 e. The third-order valence-electron chi connectivity index (χ3n) is 2.08. The van der Waals surface area contributed by atoms with Gasteiger partial charge in [0, 0.05) is 17.5 Å². The van der Waals surface area contributed by atoms with Crippen LogP contribution in [0.2, 0.25) is 5.02 Å². The lowest BCUT2D eigenvalue weighted by Gasteiger charge is -2.08. The average Bonchev–Trinajstić information content (AvgIpc) is 2.35. The maximum absolute atomic E-state index is 11.6. The van der Waals surface area contributed by atoms with Crippen LogP contribution < -0.4 is 16.4 Å². The molecule has 0 atom stereocenters. The predicted octanol–water partition coefficient (Wildman–Crippen LogP) is 0.725. The minimum absolute atomic E-state index is 0.106. The molecule has 4 N–H and O–H groups in total. The van der Waals surface area contributed by atoms with Gasteiger partial charge in [-0.05, 0) is 18.2 Å². The zero-order valence-electron chi connectivity index (χ0n) is 10.4. The lowest BCUT2D eigenvalue weighted by atomic mass is 10.2. The van der Waals surface area contributed by atoms with Crippen LogP contribution >= 0.6 is 11.6 Å². The second kappa shape index (κ2) is 7.41. The van der Waals surface area contributed by atoms with Gasteiger partial charge in [-0.1, -0.05) is 23.4 Å². The zero-order valence-corrected chi connectivity index (χ0v) is 11.2. The van der Waals surface area contributed by atoms with Crippen LogP contribution in [0.25, 0.3) is 0 Å². The SMILES string of the molecule is CC(=O)NCC(=O)Nc1cc(Cl)ccc1C#CCN. The van der Waals surface area contributed by atoms with E-state index in [1.165, 1.54) is 6.92 Å². The van der Waals surface area contributed by atoms with Crippen molar-refractivity contribution in [1.82, 2.24) is 5.32 Å². The van der Waals surface area contributed by atoms with Crippen molar-refractivity contribution >= 4 is 29.1 Å². The molecule has 0 saturated heterocycles. The van der Waals surface area contributed by atoms with Crippen LogP contribution in [0.15, 0.2) is 18.2 Å². The number of amides is 2. The van der Waals surface area contributed by atoms with Crippen molar-refractivity contribution in [2.24, 2.45) is 5.73 Å². The van der Waals surface area contributed by atoms with Gasteiger partial charge in [-0.2, -0.15) is 0 Å². The first-order valence-corrected chi connectivity index (χ1v) is 5.93. The summed E-state index contributed by atoms with van der Waals surface area (Å²) in [6, 6.07) is 4.96. The molecule has 100 valence electrons. The number of hydrogen-bond donors (Lipinski definition) is 3. The van der Waals surface area contributed by atoms with Crippen LogP contribution in [0.5, 0.6) is 0 Å². The van der Waals surface area contributed by atoms with Crippen molar-refractivity contribution in [2.45, 2.75) is 6.92 Å². The normalized spacial score (nSPS) is 9.21. The number of halogens is 1. The van der Waals surface area contributed by atoms with Crippen molar-refractivity contribution in [1.29, 1.82) is 0 Å². The fourth-order valence-electron chi connectivity index (χ4n) is 1.27. The van der Waals surface area contributed by atoms with E-state index in [-0.39, 0.29) is 24.9 Å². The number of hydrogen-bond acceptors (Lipinski definition) is 3. The Balaban J connectivity index is 2.83. The summed E-state index contributed by atoms with van der Waals surface area (Å²) in [6.07, 6.45) is 0. The highest BCUT2D eigenvalue weighted by Crippen LogP contribution is 2.20. The van der Waals surface area contributed by atoms with Gasteiger partial charge in [0.15, 0.2) is 0 Å². The largest absolute Gasteiger partial charge is 0.347 e. The molecule has 2 amide bonds. The highest BCUT2D eigenvalue weighted by Gasteiger charge is 2.07. The van der Waals surface area contributed by atoms with Gasteiger partial charge in [0.1, 0.15) is 0 Å². The Hall–Kier alpha value is -2.03. The molecule has 0 radical (unpaired) electrons. The molecule has 0 aliphatic heterocycles. The van der Waals surface area contributed by atoms with Crippen LogP contribution in [0, 0.1) is 11.8 Å². The van der Waals surface area contributed by atoms with Crippen molar-refractivity contribution in [3.05, 3.63) is 28.8 Å². The Labute approximate surface area is 116 Å². The second-order valence-corrected chi connectivity index (χ2v) is 4.09. The van der Waals surface area contributed by atoms with Gasteiger partial charge in [0.05, 0.1) is 18.8 Å². The minimum atomic E-state index is -0.353. The monoisotopic (exact) mass is 279 g/mol. The molecule has 1 aromatic carbocycles. The molecule has 0 bridgehead atoms. The van der Waals surface area contributed by atoms with E-state index in [0.717, 1.165) is 0 Å². The summed E-state index contributed by atoms with van der Waals surface area (Å²) in [4.78, 5) is 22.3. The van der Waals surface area contributed by atoms with Crippen molar-refractivity contribution < 1.29 is 9.59 Å². The number of carbonyl (C=O) groups excluding carboxylic acids is 2. The molecule has 0 aromatic heterocycles. The lowest BCUT2D eigenvalue weighted by Crippen LogP contribution is -2.31. The van der Waals surface area contributed by atoms with Crippen molar-refractivity contribution in [3.8, 4) is 11.8 Å². The standard InChI is InChI=1S/C13H14ClN3O2/c1-9(18)16-8-13(19)17-12-7-11(14)5-4-10(12)3-2-6-15/h4-5,7H,6,8,15H2,1H3,(H,16,18)(H,17,19). The smallest absolute Gasteiger partial charge is 0.243 e. The molecule has 0 aliphatic rings. The number of carbonyl (C=O) groups is 2. The molecule has 0 unspecified atom stereocenters. The molecule has 5 nitrogen and oxygen atoms in total. The summed E-state index contributed by atoms with van der Waals surface area (Å²) < 4.78 is 0. The van der Waals surface area contributed by atoms with Crippen molar-refractivity contribution in [2.75, 3.05) is 18.4 Å². The molecular weight excluding hydrogens is 266 g/mol. The summed E-state index contributed by atoms with van der Waals surface area (Å²) in [5.41, 5.74) is 6.41. The third kappa shape index (κ3) is 5.42. The van der Waals surface area contributed by atoms with E-state index >= 15 is 0 Å². The summed E-state index contributed by atoms with van der Waals surface area (Å²) in [5.74, 6) is 4.91. The molecule has 0 aliphatic carbocycles. The molecular formula is C13H14ClN3O2. The van der Waals surface area contributed by atoms with E-state index in [0.29, 0.717) is 16.3 Å². The highest BCUT2D eigenvalue weighted by molar-refractivity contribution is 6.31. The first-order valence-electron chi connectivity index (χ1n) is 5.55.